The van der Waals surface area contributed by atoms with Gasteiger partial charge in [-0.05, 0) is 41.8 Å². The topological polar surface area (TPSA) is 64.3 Å². The van der Waals surface area contributed by atoms with Gasteiger partial charge in [0, 0.05) is 6.54 Å². The van der Waals surface area contributed by atoms with Crippen molar-refractivity contribution in [2.45, 2.75) is 19.0 Å². The Balaban J connectivity index is 1.84. The number of carbonyl (C=O) groups excluding carboxylic acids is 1. The van der Waals surface area contributed by atoms with Gasteiger partial charge in [-0.2, -0.15) is 0 Å². The average Bonchev–Trinajstić information content (AvgIpc) is 2.55. The molecule has 0 aromatic heterocycles. The Morgan fingerprint density at radius 3 is 2.32 bits per heavy atom. The van der Waals surface area contributed by atoms with Crippen LogP contribution < -0.4 is 15.8 Å². The monoisotopic (exact) mass is 302 g/mol. The molecule has 0 spiro atoms. The van der Waals surface area contributed by atoms with Gasteiger partial charge in [-0.15, -0.1) is 0 Å². The highest BCUT2D eigenvalue weighted by atomic mass is 19.1. The van der Waals surface area contributed by atoms with Crippen LogP contribution in [-0.4, -0.2) is 19.1 Å². The van der Waals surface area contributed by atoms with Crippen molar-refractivity contribution in [2.75, 3.05) is 7.11 Å². The third kappa shape index (κ3) is 4.56. The molecule has 3 N–H and O–H groups in total. The fourth-order valence-electron chi connectivity index (χ4n) is 2.03. The van der Waals surface area contributed by atoms with Crippen molar-refractivity contribution < 1.29 is 13.9 Å². The standard InChI is InChI=1S/C17H19FN2O2/c1-22-15-8-4-13(5-9-15)11-20-17(21)16(19)10-12-2-6-14(18)7-3-12/h2-9,16H,10-11,19H2,1H3,(H,20,21). The van der Waals surface area contributed by atoms with Crippen LogP contribution in [0.3, 0.4) is 0 Å². The molecule has 116 valence electrons. The van der Waals surface area contributed by atoms with E-state index < -0.39 is 6.04 Å². The van der Waals surface area contributed by atoms with E-state index in [4.69, 9.17) is 10.5 Å². The van der Waals surface area contributed by atoms with Crippen molar-refractivity contribution in [3.8, 4) is 5.75 Å². The van der Waals surface area contributed by atoms with Crippen LogP contribution in [0.25, 0.3) is 0 Å². The Morgan fingerprint density at radius 1 is 1.14 bits per heavy atom. The first-order chi connectivity index (χ1) is 10.6. The van der Waals surface area contributed by atoms with Gasteiger partial charge in [0.05, 0.1) is 13.2 Å². The van der Waals surface area contributed by atoms with Crippen LogP contribution in [0.2, 0.25) is 0 Å². The third-order valence-corrected chi connectivity index (χ3v) is 3.33. The van der Waals surface area contributed by atoms with E-state index in [2.05, 4.69) is 5.32 Å². The average molecular weight is 302 g/mol. The molecule has 0 saturated heterocycles. The predicted octanol–water partition coefficient (Wildman–Crippen LogP) is 2.02. The lowest BCUT2D eigenvalue weighted by molar-refractivity contribution is -0.122. The van der Waals surface area contributed by atoms with E-state index in [9.17, 15) is 9.18 Å². The molecule has 0 aliphatic carbocycles. The second-order valence-electron chi connectivity index (χ2n) is 5.00. The van der Waals surface area contributed by atoms with Crippen LogP contribution in [0.15, 0.2) is 48.5 Å². The summed E-state index contributed by atoms with van der Waals surface area (Å²) in [5.74, 6) is 0.226. The van der Waals surface area contributed by atoms with Gasteiger partial charge in [0.25, 0.3) is 0 Å². The molecule has 1 atom stereocenters. The van der Waals surface area contributed by atoms with E-state index in [1.54, 1.807) is 19.2 Å². The SMILES string of the molecule is COc1ccc(CNC(=O)C(N)Cc2ccc(F)cc2)cc1. The molecule has 2 rings (SSSR count). The second kappa shape index (κ2) is 7.56. The quantitative estimate of drug-likeness (QED) is 0.858. The molecule has 0 radical (unpaired) electrons. The Morgan fingerprint density at radius 2 is 1.73 bits per heavy atom. The number of ether oxygens (including phenoxy) is 1. The summed E-state index contributed by atoms with van der Waals surface area (Å²) in [4.78, 5) is 12.0. The predicted molar refractivity (Wildman–Crippen MR) is 82.9 cm³/mol. The van der Waals surface area contributed by atoms with Crippen LogP contribution in [0.4, 0.5) is 4.39 Å². The molecular formula is C17H19FN2O2. The van der Waals surface area contributed by atoms with E-state index in [-0.39, 0.29) is 11.7 Å². The third-order valence-electron chi connectivity index (χ3n) is 3.33. The van der Waals surface area contributed by atoms with Gasteiger partial charge in [0.2, 0.25) is 5.91 Å². The van der Waals surface area contributed by atoms with Crippen molar-refractivity contribution in [1.29, 1.82) is 0 Å². The van der Waals surface area contributed by atoms with Gasteiger partial charge in [-0.1, -0.05) is 24.3 Å². The first kappa shape index (κ1) is 16.0. The molecule has 2 aromatic carbocycles. The van der Waals surface area contributed by atoms with Crippen molar-refractivity contribution in [3.63, 3.8) is 0 Å². The van der Waals surface area contributed by atoms with Gasteiger partial charge in [0.1, 0.15) is 11.6 Å². The molecular weight excluding hydrogens is 283 g/mol. The zero-order chi connectivity index (χ0) is 15.9. The number of carbonyl (C=O) groups is 1. The summed E-state index contributed by atoms with van der Waals surface area (Å²) >= 11 is 0. The molecule has 1 unspecified atom stereocenters. The molecule has 5 heteroatoms. The number of hydrogen-bond acceptors (Lipinski definition) is 3. The van der Waals surface area contributed by atoms with E-state index in [1.807, 2.05) is 24.3 Å². The fourth-order valence-corrected chi connectivity index (χ4v) is 2.03. The minimum atomic E-state index is -0.663. The summed E-state index contributed by atoms with van der Waals surface area (Å²) in [6.45, 7) is 0.403. The maximum atomic E-state index is 12.8. The van der Waals surface area contributed by atoms with Gasteiger partial charge in [-0.25, -0.2) is 4.39 Å². The van der Waals surface area contributed by atoms with Crippen LogP contribution in [0.5, 0.6) is 5.75 Å². The highest BCUT2D eigenvalue weighted by molar-refractivity contribution is 5.81. The summed E-state index contributed by atoms with van der Waals surface area (Å²) < 4.78 is 17.9. The molecule has 0 aliphatic rings. The molecule has 0 fully saturated rings. The highest BCUT2D eigenvalue weighted by Crippen LogP contribution is 2.11. The van der Waals surface area contributed by atoms with Gasteiger partial charge in [-0.3, -0.25) is 4.79 Å². The fraction of sp³-hybridized carbons (Fsp3) is 0.235. The Hall–Kier alpha value is -2.40. The summed E-state index contributed by atoms with van der Waals surface area (Å²) in [6, 6.07) is 12.7. The molecule has 0 heterocycles. The van der Waals surface area contributed by atoms with Crippen LogP contribution >= 0.6 is 0 Å². The van der Waals surface area contributed by atoms with Crippen LogP contribution in [0.1, 0.15) is 11.1 Å². The van der Waals surface area contributed by atoms with Crippen LogP contribution in [-0.2, 0) is 17.8 Å². The molecule has 0 aliphatic heterocycles. The molecule has 4 nitrogen and oxygen atoms in total. The van der Waals surface area contributed by atoms with E-state index >= 15 is 0 Å². The van der Waals surface area contributed by atoms with Gasteiger partial charge < -0.3 is 15.8 Å². The molecule has 0 saturated carbocycles. The maximum Gasteiger partial charge on any atom is 0.237 e. The number of methoxy groups -OCH3 is 1. The van der Waals surface area contributed by atoms with Gasteiger partial charge >= 0.3 is 0 Å². The number of rotatable bonds is 6. The summed E-state index contributed by atoms with van der Waals surface area (Å²) in [5, 5.41) is 2.79. The number of amides is 1. The van der Waals surface area contributed by atoms with Crippen molar-refractivity contribution in [3.05, 3.63) is 65.5 Å². The number of benzene rings is 2. The molecule has 1 amide bonds. The van der Waals surface area contributed by atoms with Crippen LogP contribution in [0, 0.1) is 5.82 Å². The van der Waals surface area contributed by atoms with E-state index in [0.29, 0.717) is 13.0 Å². The second-order valence-corrected chi connectivity index (χ2v) is 5.00. The lowest BCUT2D eigenvalue weighted by Crippen LogP contribution is -2.41. The van der Waals surface area contributed by atoms with Crippen molar-refractivity contribution >= 4 is 5.91 Å². The van der Waals surface area contributed by atoms with Crippen molar-refractivity contribution in [2.24, 2.45) is 5.73 Å². The Bertz CT molecular complexity index is 612. The number of hydrogen-bond donors (Lipinski definition) is 2. The van der Waals surface area contributed by atoms with Crippen molar-refractivity contribution in [1.82, 2.24) is 5.32 Å². The molecule has 22 heavy (non-hydrogen) atoms. The Labute approximate surface area is 129 Å². The lowest BCUT2D eigenvalue weighted by atomic mass is 10.1. The van der Waals surface area contributed by atoms with E-state index in [1.165, 1.54) is 12.1 Å². The first-order valence-corrected chi connectivity index (χ1v) is 6.99. The number of halogens is 1. The van der Waals surface area contributed by atoms with Gasteiger partial charge in [0.15, 0.2) is 0 Å². The Kier molecular flexibility index (Phi) is 5.49. The normalized spacial score (nSPS) is 11.8. The smallest absolute Gasteiger partial charge is 0.237 e. The summed E-state index contributed by atoms with van der Waals surface area (Å²) in [7, 11) is 1.60. The largest absolute Gasteiger partial charge is 0.497 e. The molecule has 0 bridgehead atoms. The zero-order valence-corrected chi connectivity index (χ0v) is 12.4. The minimum absolute atomic E-state index is 0.236. The molecule has 2 aromatic rings. The zero-order valence-electron chi connectivity index (χ0n) is 12.4. The minimum Gasteiger partial charge on any atom is -0.497 e. The summed E-state index contributed by atoms with van der Waals surface area (Å²) in [5.41, 5.74) is 7.66. The van der Waals surface area contributed by atoms with E-state index in [0.717, 1.165) is 16.9 Å². The number of nitrogens with one attached hydrogen (secondary N) is 1. The summed E-state index contributed by atoms with van der Waals surface area (Å²) in [6.07, 6.45) is 0.370. The first-order valence-electron chi connectivity index (χ1n) is 6.99. The highest BCUT2D eigenvalue weighted by Gasteiger charge is 2.13. The maximum absolute atomic E-state index is 12.8. The lowest BCUT2D eigenvalue weighted by Gasteiger charge is -2.12. The number of nitrogens with two attached hydrogens (primary N) is 1.